The highest BCUT2D eigenvalue weighted by Gasteiger charge is 2.38. The number of nitrogens with zero attached hydrogens (tertiary/aromatic N) is 6. The van der Waals surface area contributed by atoms with E-state index in [9.17, 15) is 28.0 Å². The minimum absolute atomic E-state index is 0.0162. The number of fused-ring (bicyclic) bond motifs is 2. The maximum Gasteiger partial charge on any atom is 0.271 e. The summed E-state index contributed by atoms with van der Waals surface area (Å²) in [6, 6.07) is 6.42. The monoisotopic (exact) mass is 947 g/mol. The number of thiophene rings is 1. The molecular formula is C47H59F2N9O8S. The largest absolute Gasteiger partial charge is 0.489 e. The third-order valence-electron chi connectivity index (χ3n) is 13.1. The lowest BCUT2D eigenvalue weighted by Crippen LogP contribution is -2.59. The van der Waals surface area contributed by atoms with Gasteiger partial charge < -0.3 is 49.1 Å². The molecule has 2 atom stereocenters. The van der Waals surface area contributed by atoms with E-state index in [2.05, 4.69) is 31.0 Å². The number of hydrogen-bond acceptors (Lipinski definition) is 13. The highest BCUT2D eigenvalue weighted by molar-refractivity contribution is 7.17. The van der Waals surface area contributed by atoms with Crippen molar-refractivity contribution in [2.24, 2.45) is 13.0 Å². The fourth-order valence-corrected chi connectivity index (χ4v) is 10.0. The number of ether oxygens (including phenoxy) is 3. The second-order valence-corrected chi connectivity index (χ2v) is 18.4. The van der Waals surface area contributed by atoms with Gasteiger partial charge in [0.1, 0.15) is 30.2 Å². The van der Waals surface area contributed by atoms with E-state index in [-0.39, 0.29) is 98.5 Å². The van der Waals surface area contributed by atoms with E-state index in [0.717, 1.165) is 86.1 Å². The van der Waals surface area contributed by atoms with Gasteiger partial charge in [-0.3, -0.25) is 29.1 Å². The van der Waals surface area contributed by atoms with Crippen molar-refractivity contribution in [2.75, 3.05) is 72.7 Å². The SMILES string of the molecule is CN[C@@H](C)C(=O)N[C@H](C(=O)N1CCN(C(=O)c2c(C(=O)NCCOCCOc3cc(CN4CCC(Oc5ccnc6ccsc56)CC4)on3)c3cc(F)c(F)cc3n2C)CC1)C1CCCCC1. The lowest BCUT2D eigenvalue weighted by Gasteiger charge is -2.39. The van der Waals surface area contributed by atoms with Crippen LogP contribution in [0.15, 0.2) is 46.4 Å². The van der Waals surface area contributed by atoms with Gasteiger partial charge in [0.15, 0.2) is 17.4 Å². The van der Waals surface area contributed by atoms with E-state index >= 15 is 0 Å². The predicted molar refractivity (Wildman–Crippen MR) is 246 cm³/mol. The van der Waals surface area contributed by atoms with E-state index < -0.39 is 35.5 Å². The minimum atomic E-state index is -1.16. The van der Waals surface area contributed by atoms with E-state index in [4.69, 9.17) is 18.7 Å². The number of piperazine rings is 1. The molecule has 0 unspecified atom stereocenters. The summed E-state index contributed by atoms with van der Waals surface area (Å²) >= 11 is 1.63. The van der Waals surface area contributed by atoms with Gasteiger partial charge in [-0.2, -0.15) is 0 Å². The first kappa shape index (κ1) is 47.8. The molecule has 8 rings (SSSR count). The van der Waals surface area contributed by atoms with Gasteiger partial charge in [-0.05, 0) is 74.3 Å². The van der Waals surface area contributed by atoms with Gasteiger partial charge in [-0.25, -0.2) is 8.78 Å². The van der Waals surface area contributed by atoms with Gasteiger partial charge in [0.25, 0.3) is 17.7 Å². The third-order valence-corrected chi connectivity index (χ3v) is 14.0. The molecule has 4 aromatic heterocycles. The Balaban J connectivity index is 0.800. The standard InChI is InChI=1S/C47H59F2N9O8S/c1-29(50-2)44(59)53-41(30-7-5-4-6-8-30)46(61)57-17-19-58(20-18-57)47(62)42-40(33-26-34(48)35(49)27-37(33)55(42)3)45(60)52-14-21-63-22-23-64-39-25-32(66-54-39)28-56-15-10-31(11-16-56)65-38-9-13-51-36-12-24-67-43(36)38/h9,12-13,24-27,29-31,41,50H,4-8,10-11,14-23,28H2,1-3H3,(H,52,60)(H,53,59)/t29-,41-/m0/s1. The fraction of sp³-hybridized carbons (Fsp3) is 0.532. The van der Waals surface area contributed by atoms with Crippen molar-refractivity contribution in [2.45, 2.75) is 76.6 Å². The minimum Gasteiger partial charge on any atom is -0.489 e. The number of benzene rings is 1. The zero-order valence-electron chi connectivity index (χ0n) is 38.2. The van der Waals surface area contributed by atoms with Crippen LogP contribution in [0.3, 0.4) is 0 Å². The smallest absolute Gasteiger partial charge is 0.271 e. The number of carbonyl (C=O) groups is 4. The first-order chi connectivity index (χ1) is 32.5. The van der Waals surface area contributed by atoms with Gasteiger partial charge in [-0.15, -0.1) is 11.3 Å². The summed E-state index contributed by atoms with van der Waals surface area (Å²) in [6.45, 7) is 5.26. The maximum absolute atomic E-state index is 14.7. The Bertz CT molecular complexity index is 2530. The molecule has 3 aliphatic rings. The van der Waals surface area contributed by atoms with Crippen molar-refractivity contribution in [1.82, 2.24) is 45.4 Å². The molecule has 2 saturated heterocycles. The second-order valence-electron chi connectivity index (χ2n) is 17.5. The normalized spacial score (nSPS) is 17.4. The quantitative estimate of drug-likeness (QED) is 0.101. The van der Waals surface area contributed by atoms with Crippen molar-refractivity contribution >= 4 is 56.1 Å². The molecule has 3 N–H and O–H groups in total. The van der Waals surface area contributed by atoms with Gasteiger partial charge in [0.2, 0.25) is 11.8 Å². The number of aromatic nitrogens is 3. The van der Waals surface area contributed by atoms with Crippen molar-refractivity contribution in [3.8, 4) is 11.6 Å². The summed E-state index contributed by atoms with van der Waals surface area (Å²) in [6.07, 6.45) is 8.42. The lowest BCUT2D eigenvalue weighted by molar-refractivity contribution is -0.140. The summed E-state index contributed by atoms with van der Waals surface area (Å²) in [5.74, 6) is -1.97. The van der Waals surface area contributed by atoms with Crippen LogP contribution >= 0.6 is 11.3 Å². The number of carbonyl (C=O) groups excluding carboxylic acids is 4. The van der Waals surface area contributed by atoms with Crippen molar-refractivity contribution in [1.29, 1.82) is 0 Å². The summed E-state index contributed by atoms with van der Waals surface area (Å²) < 4.78 is 55.0. The first-order valence-electron chi connectivity index (χ1n) is 23.2. The van der Waals surface area contributed by atoms with Crippen LogP contribution in [0.1, 0.15) is 78.5 Å². The Hall–Kier alpha value is -5.70. The average Bonchev–Trinajstić information content (AvgIpc) is 4.09. The van der Waals surface area contributed by atoms with Gasteiger partial charge in [-0.1, -0.05) is 19.3 Å². The van der Waals surface area contributed by atoms with Crippen LogP contribution in [-0.4, -0.2) is 144 Å². The number of nitrogens with one attached hydrogen (secondary N) is 3. The predicted octanol–water partition coefficient (Wildman–Crippen LogP) is 4.88. The summed E-state index contributed by atoms with van der Waals surface area (Å²) in [5, 5.41) is 14.8. The molecule has 67 heavy (non-hydrogen) atoms. The molecule has 0 spiro atoms. The number of halogens is 2. The Morgan fingerprint density at radius 1 is 0.925 bits per heavy atom. The summed E-state index contributed by atoms with van der Waals surface area (Å²) in [5.41, 5.74) is 0.991. The molecule has 0 radical (unpaired) electrons. The maximum atomic E-state index is 14.7. The molecule has 6 heterocycles. The Morgan fingerprint density at radius 2 is 1.67 bits per heavy atom. The first-order valence-corrected chi connectivity index (χ1v) is 24.1. The van der Waals surface area contributed by atoms with E-state index in [1.165, 1.54) is 16.5 Å². The molecule has 4 amide bonds. The molecular weight excluding hydrogens is 889 g/mol. The van der Waals surface area contributed by atoms with Gasteiger partial charge in [0.05, 0.1) is 47.1 Å². The van der Waals surface area contributed by atoms with Crippen LogP contribution in [0.2, 0.25) is 0 Å². The number of pyridine rings is 1. The second kappa shape index (κ2) is 21.9. The van der Waals surface area contributed by atoms with Crippen molar-refractivity contribution in [3.63, 3.8) is 0 Å². The molecule has 20 heteroatoms. The van der Waals surface area contributed by atoms with E-state index in [1.54, 1.807) is 42.5 Å². The molecule has 1 aromatic carbocycles. The third kappa shape index (κ3) is 11.2. The number of amides is 4. The van der Waals surface area contributed by atoms with Gasteiger partial charge >= 0.3 is 0 Å². The Morgan fingerprint density at radius 3 is 2.43 bits per heavy atom. The molecule has 5 aromatic rings. The topological polar surface area (TPSA) is 186 Å². The van der Waals surface area contributed by atoms with Crippen LogP contribution in [0.25, 0.3) is 21.1 Å². The number of likely N-dealkylation sites (tertiary alicyclic amines) is 1. The lowest BCUT2D eigenvalue weighted by atomic mass is 9.83. The number of hydrogen-bond donors (Lipinski definition) is 3. The van der Waals surface area contributed by atoms with Crippen LogP contribution in [0.4, 0.5) is 8.78 Å². The number of aryl methyl sites for hydroxylation is 1. The zero-order chi connectivity index (χ0) is 47.0. The van der Waals surface area contributed by atoms with E-state index in [1.807, 2.05) is 17.5 Å². The van der Waals surface area contributed by atoms with E-state index in [0.29, 0.717) is 18.2 Å². The molecule has 1 saturated carbocycles. The number of likely N-dealkylation sites (N-methyl/N-ethyl adjacent to an activating group) is 1. The zero-order valence-corrected chi connectivity index (χ0v) is 39.0. The Labute approximate surface area is 391 Å². The highest BCUT2D eigenvalue weighted by Crippen LogP contribution is 2.33. The molecule has 17 nitrogen and oxygen atoms in total. The Kier molecular flexibility index (Phi) is 15.6. The number of rotatable bonds is 18. The molecule has 3 fully saturated rings. The average molecular weight is 948 g/mol. The highest BCUT2D eigenvalue weighted by atomic mass is 32.1. The molecule has 1 aliphatic carbocycles. The summed E-state index contributed by atoms with van der Waals surface area (Å²) in [7, 11) is 3.22. The molecule has 360 valence electrons. The molecule has 2 aliphatic heterocycles. The van der Waals surface area contributed by atoms with Crippen molar-refractivity contribution in [3.05, 3.63) is 70.6 Å². The van der Waals surface area contributed by atoms with Gasteiger partial charge in [0, 0.05) is 76.6 Å². The van der Waals surface area contributed by atoms with Crippen LogP contribution < -0.4 is 25.4 Å². The van der Waals surface area contributed by atoms with Crippen LogP contribution in [-0.2, 0) is 27.9 Å². The van der Waals surface area contributed by atoms with Crippen LogP contribution in [0, 0.1) is 17.6 Å². The van der Waals surface area contributed by atoms with Crippen LogP contribution in [0.5, 0.6) is 11.6 Å². The van der Waals surface area contributed by atoms with Crippen molar-refractivity contribution < 1.29 is 46.7 Å². The fourth-order valence-electron chi connectivity index (χ4n) is 9.24. The summed E-state index contributed by atoms with van der Waals surface area (Å²) in [4.78, 5) is 64.9. The number of piperidine rings is 1. The molecule has 0 bridgehead atoms.